The molecule has 4 rings (SSSR count). The van der Waals surface area contributed by atoms with E-state index in [0.717, 1.165) is 29.8 Å². The minimum Gasteiger partial charge on any atom is -0.493 e. The van der Waals surface area contributed by atoms with Crippen LogP contribution < -0.4 is 9.64 Å². The Labute approximate surface area is 188 Å². The molecule has 0 aliphatic rings. The lowest BCUT2D eigenvalue weighted by molar-refractivity contribution is -0.895. The molecule has 1 aromatic heterocycles. The van der Waals surface area contributed by atoms with Crippen molar-refractivity contribution in [3.8, 4) is 5.75 Å². The molecule has 4 aromatic rings. The Bertz CT molecular complexity index is 1040. The second kappa shape index (κ2) is 10.3. The highest BCUT2D eigenvalue weighted by Crippen LogP contribution is 2.36. The van der Waals surface area contributed by atoms with E-state index in [-0.39, 0.29) is 0 Å². The molecular formula is C27H29N2O3+. The van der Waals surface area contributed by atoms with E-state index >= 15 is 0 Å². The Kier molecular flexibility index (Phi) is 7.00. The molecule has 0 amide bonds. The van der Waals surface area contributed by atoms with Gasteiger partial charge in [-0.1, -0.05) is 78.9 Å². The van der Waals surface area contributed by atoms with Crippen LogP contribution in [0.2, 0.25) is 0 Å². The van der Waals surface area contributed by atoms with Crippen molar-refractivity contribution in [1.29, 1.82) is 0 Å². The first-order valence-corrected chi connectivity index (χ1v) is 10.9. The lowest BCUT2D eigenvalue weighted by Crippen LogP contribution is -3.07. The minimum absolute atomic E-state index is 0.421. The maximum Gasteiger partial charge on any atom is 0.250 e. The van der Waals surface area contributed by atoms with Crippen LogP contribution in [0.5, 0.6) is 5.75 Å². The lowest BCUT2D eigenvalue weighted by Gasteiger charge is -2.26. The van der Waals surface area contributed by atoms with E-state index in [2.05, 4.69) is 12.0 Å². The summed E-state index contributed by atoms with van der Waals surface area (Å²) in [6.45, 7) is 2.22. The predicted molar refractivity (Wildman–Crippen MR) is 123 cm³/mol. The van der Waals surface area contributed by atoms with Crippen molar-refractivity contribution in [3.05, 3.63) is 120 Å². The molecule has 0 bridgehead atoms. The average Bonchev–Trinajstić information content (AvgIpc) is 3.32. The van der Waals surface area contributed by atoms with E-state index in [9.17, 15) is 5.11 Å². The van der Waals surface area contributed by atoms with E-state index in [1.807, 2.05) is 91.0 Å². The molecule has 1 atom stereocenters. The van der Waals surface area contributed by atoms with Crippen molar-refractivity contribution in [2.45, 2.75) is 18.6 Å². The van der Waals surface area contributed by atoms with Crippen LogP contribution >= 0.6 is 0 Å². The van der Waals surface area contributed by atoms with Gasteiger partial charge in [0.05, 0.1) is 26.4 Å². The van der Waals surface area contributed by atoms with Gasteiger partial charge in [-0.2, -0.15) is 0 Å². The van der Waals surface area contributed by atoms with Gasteiger partial charge in [-0.3, -0.25) is 0 Å². The second-order valence-electron chi connectivity index (χ2n) is 7.96. The summed E-state index contributed by atoms with van der Waals surface area (Å²) in [7, 11) is 2.10. The van der Waals surface area contributed by atoms with Gasteiger partial charge in [0.25, 0.3) is 5.89 Å². The molecule has 0 aliphatic heterocycles. The average molecular weight is 430 g/mol. The third kappa shape index (κ3) is 5.07. The lowest BCUT2D eigenvalue weighted by atomic mass is 9.84. The minimum atomic E-state index is -1.40. The molecule has 2 N–H and O–H groups in total. The molecule has 164 valence electrons. The fourth-order valence-corrected chi connectivity index (χ4v) is 3.80. The van der Waals surface area contributed by atoms with Crippen LogP contribution in [-0.4, -0.2) is 30.3 Å². The molecule has 5 nitrogen and oxygen atoms in total. The molecule has 32 heavy (non-hydrogen) atoms. The molecule has 0 radical (unpaired) electrons. The predicted octanol–water partition coefficient (Wildman–Crippen LogP) is 3.44. The Hall–Kier alpha value is -3.41. The SMILES string of the molecule is C[NH+](CCCOc1ccccc1)Cc1ncc(C(O)(c2ccccc2)c2ccccc2)o1. The highest BCUT2D eigenvalue weighted by molar-refractivity contribution is 5.42. The van der Waals surface area contributed by atoms with Gasteiger partial charge in [-0.05, 0) is 23.3 Å². The van der Waals surface area contributed by atoms with Gasteiger partial charge in [0.1, 0.15) is 5.75 Å². The fraction of sp³-hybridized carbons (Fsp3) is 0.222. The first-order chi connectivity index (χ1) is 15.7. The van der Waals surface area contributed by atoms with E-state index in [0.29, 0.717) is 24.8 Å². The van der Waals surface area contributed by atoms with Gasteiger partial charge in [-0.15, -0.1) is 0 Å². The van der Waals surface area contributed by atoms with E-state index in [1.54, 1.807) is 6.20 Å². The fourth-order valence-electron chi connectivity index (χ4n) is 3.80. The van der Waals surface area contributed by atoms with Crippen LogP contribution in [0.3, 0.4) is 0 Å². The summed E-state index contributed by atoms with van der Waals surface area (Å²) >= 11 is 0. The van der Waals surface area contributed by atoms with Crippen LogP contribution in [0.15, 0.2) is 102 Å². The Morgan fingerprint density at radius 1 is 0.875 bits per heavy atom. The molecule has 0 aliphatic carbocycles. The maximum absolute atomic E-state index is 11.8. The number of hydrogen-bond donors (Lipinski definition) is 2. The summed E-state index contributed by atoms with van der Waals surface area (Å²) in [5.41, 5.74) is 0.0888. The first kappa shape index (κ1) is 21.8. The van der Waals surface area contributed by atoms with Crippen molar-refractivity contribution in [3.63, 3.8) is 0 Å². The Morgan fingerprint density at radius 2 is 1.44 bits per heavy atom. The van der Waals surface area contributed by atoms with E-state index in [1.165, 1.54) is 4.90 Å². The van der Waals surface area contributed by atoms with Gasteiger partial charge in [-0.25, -0.2) is 4.98 Å². The van der Waals surface area contributed by atoms with Gasteiger partial charge in [0, 0.05) is 6.42 Å². The highest BCUT2D eigenvalue weighted by atomic mass is 16.5. The zero-order valence-electron chi connectivity index (χ0n) is 18.3. The molecule has 0 saturated heterocycles. The Balaban J connectivity index is 1.42. The normalized spacial score (nSPS) is 12.4. The molecule has 1 heterocycles. The summed E-state index contributed by atoms with van der Waals surface area (Å²) in [4.78, 5) is 5.73. The number of ether oxygens (including phenoxy) is 1. The maximum atomic E-state index is 11.8. The van der Waals surface area contributed by atoms with Crippen LogP contribution in [0.1, 0.15) is 29.2 Å². The van der Waals surface area contributed by atoms with Crippen molar-refractivity contribution in [2.75, 3.05) is 20.2 Å². The second-order valence-corrected chi connectivity index (χ2v) is 7.96. The number of aromatic nitrogens is 1. The molecule has 0 spiro atoms. The third-order valence-corrected chi connectivity index (χ3v) is 5.51. The summed E-state index contributed by atoms with van der Waals surface area (Å²) in [6.07, 6.45) is 2.56. The molecule has 5 heteroatoms. The quantitative estimate of drug-likeness (QED) is 0.379. The number of benzene rings is 3. The Morgan fingerprint density at radius 3 is 2.03 bits per heavy atom. The molecular weight excluding hydrogens is 400 g/mol. The zero-order chi connectivity index (χ0) is 22.2. The topological polar surface area (TPSA) is 59.9 Å². The van der Waals surface area contributed by atoms with Gasteiger partial charge in [0.2, 0.25) is 0 Å². The summed E-state index contributed by atoms with van der Waals surface area (Å²) in [5, 5.41) is 11.8. The smallest absolute Gasteiger partial charge is 0.250 e. The molecule has 1 unspecified atom stereocenters. The third-order valence-electron chi connectivity index (χ3n) is 5.51. The van der Waals surface area contributed by atoms with Crippen LogP contribution in [0, 0.1) is 0 Å². The summed E-state index contributed by atoms with van der Waals surface area (Å²) in [6, 6.07) is 29.0. The monoisotopic (exact) mass is 429 g/mol. The van der Waals surface area contributed by atoms with E-state index in [4.69, 9.17) is 9.15 Å². The van der Waals surface area contributed by atoms with Crippen LogP contribution in [0.25, 0.3) is 0 Å². The van der Waals surface area contributed by atoms with Gasteiger partial charge < -0.3 is 19.2 Å². The standard InChI is InChI=1S/C27H28N2O3/c1-29(18-11-19-31-24-16-9-4-10-17-24)21-26-28-20-25(32-26)27(30,22-12-5-2-6-13-22)23-14-7-3-8-15-23/h2-10,12-17,20,30H,11,18-19,21H2,1H3/p+1. The number of rotatable bonds is 10. The van der Waals surface area contributed by atoms with Crippen molar-refractivity contribution >= 4 is 0 Å². The van der Waals surface area contributed by atoms with E-state index < -0.39 is 5.60 Å². The highest BCUT2D eigenvalue weighted by Gasteiger charge is 2.37. The first-order valence-electron chi connectivity index (χ1n) is 10.9. The van der Waals surface area contributed by atoms with Crippen LogP contribution in [0.4, 0.5) is 0 Å². The zero-order valence-corrected chi connectivity index (χ0v) is 18.3. The largest absolute Gasteiger partial charge is 0.493 e. The number of quaternary nitrogens is 1. The number of oxazole rings is 1. The molecule has 3 aromatic carbocycles. The van der Waals surface area contributed by atoms with Crippen molar-refractivity contribution in [2.24, 2.45) is 0 Å². The van der Waals surface area contributed by atoms with Gasteiger partial charge >= 0.3 is 0 Å². The summed E-state index contributed by atoms with van der Waals surface area (Å²) < 4.78 is 11.9. The van der Waals surface area contributed by atoms with Crippen LogP contribution in [-0.2, 0) is 12.1 Å². The number of aliphatic hydroxyl groups is 1. The number of hydrogen-bond acceptors (Lipinski definition) is 4. The number of nitrogens with one attached hydrogen (secondary N) is 1. The van der Waals surface area contributed by atoms with Gasteiger partial charge in [0.15, 0.2) is 17.9 Å². The molecule has 0 fully saturated rings. The molecule has 0 saturated carbocycles. The number of para-hydroxylation sites is 1. The number of nitrogens with zero attached hydrogens (tertiary/aromatic N) is 1. The van der Waals surface area contributed by atoms with Crippen molar-refractivity contribution in [1.82, 2.24) is 4.98 Å². The van der Waals surface area contributed by atoms with Crippen molar-refractivity contribution < 1.29 is 19.2 Å². The summed E-state index contributed by atoms with van der Waals surface area (Å²) in [5.74, 6) is 1.92.